The molecule has 0 aromatic heterocycles. The molecule has 1 saturated carbocycles. The Morgan fingerprint density at radius 2 is 1.61 bits per heavy atom. The third kappa shape index (κ3) is 2.96. The fraction of sp³-hybridized carbons (Fsp3) is 0.938. The Balaban J connectivity index is 1.43. The zero-order chi connectivity index (χ0) is 12.4. The molecule has 1 N–H and O–H groups in total. The van der Waals surface area contributed by atoms with Crippen LogP contribution in [0.5, 0.6) is 0 Å². The van der Waals surface area contributed by atoms with E-state index in [2.05, 4.69) is 5.32 Å². The summed E-state index contributed by atoms with van der Waals surface area (Å²) in [6, 6.07) is 1.32. The van der Waals surface area contributed by atoms with Gasteiger partial charge < -0.3 is 5.32 Å². The number of hydrogen-bond acceptors (Lipinski definition) is 2. The van der Waals surface area contributed by atoms with Crippen LogP contribution >= 0.6 is 0 Å². The first kappa shape index (κ1) is 12.7. The maximum atomic E-state index is 12.3. The number of carbonyl (C=O) groups excluding carboxylic acids is 1. The van der Waals surface area contributed by atoms with E-state index in [0.29, 0.717) is 23.8 Å². The number of carbonyl (C=O) groups is 1. The van der Waals surface area contributed by atoms with Crippen LogP contribution in [0, 0.1) is 11.8 Å². The topological polar surface area (TPSA) is 29.1 Å². The molecule has 2 heteroatoms. The number of Topliss-reactive ketones (excluding diaryl/α,β-unsaturated/α-hetero) is 1. The minimum atomic E-state index is 0.396. The number of ketones is 1. The molecule has 2 saturated heterocycles. The van der Waals surface area contributed by atoms with Gasteiger partial charge in [0.2, 0.25) is 0 Å². The van der Waals surface area contributed by atoms with Gasteiger partial charge in [-0.1, -0.05) is 32.1 Å². The molecule has 1 aliphatic carbocycles. The molecule has 102 valence electrons. The number of nitrogens with one attached hydrogen (secondary N) is 1. The Hall–Kier alpha value is -0.370. The number of rotatable bonds is 4. The highest BCUT2D eigenvalue weighted by molar-refractivity contribution is 5.81. The van der Waals surface area contributed by atoms with Gasteiger partial charge in [0.15, 0.2) is 0 Å². The lowest BCUT2D eigenvalue weighted by Gasteiger charge is -2.29. The van der Waals surface area contributed by atoms with Crippen molar-refractivity contribution >= 4 is 5.78 Å². The van der Waals surface area contributed by atoms with Crippen molar-refractivity contribution in [2.75, 3.05) is 0 Å². The van der Waals surface area contributed by atoms with Gasteiger partial charge in [0, 0.05) is 24.4 Å². The molecule has 0 aromatic carbocycles. The Kier molecular flexibility index (Phi) is 4.03. The zero-order valence-electron chi connectivity index (χ0n) is 11.5. The third-order valence-electron chi connectivity index (χ3n) is 5.45. The second-order valence-corrected chi connectivity index (χ2v) is 6.82. The summed E-state index contributed by atoms with van der Waals surface area (Å²) in [6.45, 7) is 0. The summed E-state index contributed by atoms with van der Waals surface area (Å²) < 4.78 is 0. The first-order valence-electron chi connectivity index (χ1n) is 8.10. The second-order valence-electron chi connectivity index (χ2n) is 6.82. The van der Waals surface area contributed by atoms with E-state index in [1.807, 2.05) is 0 Å². The Morgan fingerprint density at radius 3 is 2.28 bits per heavy atom. The third-order valence-corrected chi connectivity index (χ3v) is 5.45. The predicted molar refractivity (Wildman–Crippen MR) is 73.5 cm³/mol. The van der Waals surface area contributed by atoms with Gasteiger partial charge in [0.05, 0.1) is 0 Å². The largest absolute Gasteiger partial charge is 0.311 e. The van der Waals surface area contributed by atoms with Gasteiger partial charge in [-0.2, -0.15) is 0 Å². The standard InChI is InChI=1S/C16H27NO/c18-16(9-6-12-4-2-1-3-5-12)13-10-14-7-8-15(11-13)17-14/h12-15,17H,1-11H2. The summed E-state index contributed by atoms with van der Waals surface area (Å²) in [6.07, 6.45) is 13.9. The molecule has 2 unspecified atom stereocenters. The number of hydrogen-bond donors (Lipinski definition) is 1. The average molecular weight is 249 g/mol. The average Bonchev–Trinajstić information content (AvgIpc) is 2.76. The lowest BCUT2D eigenvalue weighted by Crippen LogP contribution is -2.40. The second kappa shape index (κ2) is 5.73. The first-order valence-corrected chi connectivity index (χ1v) is 8.10. The molecular weight excluding hydrogens is 222 g/mol. The lowest BCUT2D eigenvalue weighted by molar-refractivity contribution is -0.124. The van der Waals surface area contributed by atoms with Crippen molar-refractivity contribution < 1.29 is 4.79 Å². The van der Waals surface area contributed by atoms with Gasteiger partial charge in [0.25, 0.3) is 0 Å². The van der Waals surface area contributed by atoms with Crippen LogP contribution in [0.2, 0.25) is 0 Å². The Labute approximate surface area is 111 Å². The molecule has 3 fully saturated rings. The van der Waals surface area contributed by atoms with E-state index in [0.717, 1.165) is 25.2 Å². The molecular formula is C16H27NO. The van der Waals surface area contributed by atoms with Crippen molar-refractivity contribution in [1.82, 2.24) is 5.32 Å². The molecule has 2 heterocycles. The molecule has 2 bridgehead atoms. The highest BCUT2D eigenvalue weighted by Crippen LogP contribution is 2.33. The van der Waals surface area contributed by atoms with Crippen LogP contribution in [0.3, 0.4) is 0 Å². The van der Waals surface area contributed by atoms with Crippen molar-refractivity contribution in [2.24, 2.45) is 11.8 Å². The first-order chi connectivity index (χ1) is 8.81. The summed E-state index contributed by atoms with van der Waals surface area (Å²) >= 11 is 0. The molecule has 0 spiro atoms. The van der Waals surface area contributed by atoms with Crippen molar-refractivity contribution in [2.45, 2.75) is 82.7 Å². The number of piperidine rings is 1. The van der Waals surface area contributed by atoms with Gasteiger partial charge in [0.1, 0.15) is 5.78 Å². The highest BCUT2D eigenvalue weighted by atomic mass is 16.1. The van der Waals surface area contributed by atoms with E-state index in [4.69, 9.17) is 0 Å². The summed E-state index contributed by atoms with van der Waals surface area (Å²) in [5, 5.41) is 3.63. The van der Waals surface area contributed by atoms with Gasteiger partial charge >= 0.3 is 0 Å². The van der Waals surface area contributed by atoms with Crippen LogP contribution in [0.25, 0.3) is 0 Å². The predicted octanol–water partition coefficient (Wildman–Crippen LogP) is 3.45. The van der Waals surface area contributed by atoms with Crippen LogP contribution in [-0.4, -0.2) is 17.9 Å². The van der Waals surface area contributed by atoms with Gasteiger partial charge in [-0.25, -0.2) is 0 Å². The summed E-state index contributed by atoms with van der Waals surface area (Å²) in [5.74, 6) is 1.84. The van der Waals surface area contributed by atoms with Gasteiger partial charge in [-0.3, -0.25) is 4.79 Å². The molecule has 0 amide bonds. The number of fused-ring (bicyclic) bond motifs is 2. The van der Waals surface area contributed by atoms with Crippen LogP contribution in [0.15, 0.2) is 0 Å². The Morgan fingerprint density at radius 1 is 0.944 bits per heavy atom. The van der Waals surface area contributed by atoms with Gasteiger partial charge in [-0.15, -0.1) is 0 Å². The van der Waals surface area contributed by atoms with E-state index in [9.17, 15) is 4.79 Å². The monoisotopic (exact) mass is 249 g/mol. The van der Waals surface area contributed by atoms with Crippen LogP contribution < -0.4 is 5.32 Å². The zero-order valence-corrected chi connectivity index (χ0v) is 11.5. The molecule has 2 atom stereocenters. The normalized spacial score (nSPS) is 36.8. The van der Waals surface area contributed by atoms with E-state index in [1.54, 1.807) is 0 Å². The van der Waals surface area contributed by atoms with Crippen molar-refractivity contribution in [3.05, 3.63) is 0 Å². The fourth-order valence-corrected chi connectivity index (χ4v) is 4.35. The van der Waals surface area contributed by atoms with Crippen molar-refractivity contribution in [3.63, 3.8) is 0 Å². The molecule has 2 aliphatic heterocycles. The van der Waals surface area contributed by atoms with Crippen molar-refractivity contribution in [1.29, 1.82) is 0 Å². The molecule has 18 heavy (non-hydrogen) atoms. The molecule has 0 radical (unpaired) electrons. The van der Waals surface area contributed by atoms with Gasteiger partial charge in [-0.05, 0) is 38.0 Å². The molecule has 0 aromatic rings. The molecule has 3 aliphatic rings. The minimum Gasteiger partial charge on any atom is -0.311 e. The molecule has 2 nitrogen and oxygen atoms in total. The Bertz CT molecular complexity index is 283. The maximum Gasteiger partial charge on any atom is 0.136 e. The van der Waals surface area contributed by atoms with Crippen molar-refractivity contribution in [3.8, 4) is 0 Å². The van der Waals surface area contributed by atoms with E-state index >= 15 is 0 Å². The fourth-order valence-electron chi connectivity index (χ4n) is 4.35. The van der Waals surface area contributed by atoms with Crippen LogP contribution in [0.1, 0.15) is 70.6 Å². The lowest BCUT2D eigenvalue weighted by atomic mass is 9.82. The maximum absolute atomic E-state index is 12.3. The smallest absolute Gasteiger partial charge is 0.136 e. The summed E-state index contributed by atoms with van der Waals surface area (Å²) in [5.41, 5.74) is 0. The van der Waals surface area contributed by atoms with E-state index in [1.165, 1.54) is 51.4 Å². The SMILES string of the molecule is O=C(CCC1CCCCC1)C1CC2CCC(C1)N2. The highest BCUT2D eigenvalue weighted by Gasteiger charge is 2.36. The summed E-state index contributed by atoms with van der Waals surface area (Å²) in [4.78, 5) is 12.3. The summed E-state index contributed by atoms with van der Waals surface area (Å²) in [7, 11) is 0. The molecule has 3 rings (SSSR count). The minimum absolute atomic E-state index is 0.396. The quantitative estimate of drug-likeness (QED) is 0.827. The van der Waals surface area contributed by atoms with Crippen LogP contribution in [-0.2, 0) is 4.79 Å². The van der Waals surface area contributed by atoms with Crippen LogP contribution in [0.4, 0.5) is 0 Å². The van der Waals surface area contributed by atoms with E-state index < -0.39 is 0 Å². The van der Waals surface area contributed by atoms with E-state index in [-0.39, 0.29) is 0 Å².